The second kappa shape index (κ2) is 14.6. The van der Waals surface area contributed by atoms with E-state index >= 15 is 0 Å². The van der Waals surface area contributed by atoms with Gasteiger partial charge >= 0.3 is 5.97 Å². The maximum absolute atomic E-state index is 13.8. The minimum atomic E-state index is -1.20. The molecule has 3 heterocycles. The molecular formula is C34H36N6O7. The first-order valence-electron chi connectivity index (χ1n) is 15.5. The van der Waals surface area contributed by atoms with E-state index in [2.05, 4.69) is 16.0 Å². The Morgan fingerprint density at radius 2 is 1.68 bits per heavy atom. The van der Waals surface area contributed by atoms with Crippen molar-refractivity contribution in [3.63, 3.8) is 0 Å². The molecule has 3 amide bonds. The van der Waals surface area contributed by atoms with Gasteiger partial charge in [0.1, 0.15) is 41.4 Å². The van der Waals surface area contributed by atoms with E-state index in [0.717, 1.165) is 18.2 Å². The number of carboxylic acids is 1. The minimum absolute atomic E-state index is 0.0198. The van der Waals surface area contributed by atoms with E-state index in [1.54, 1.807) is 28.0 Å². The van der Waals surface area contributed by atoms with E-state index in [-0.39, 0.29) is 40.9 Å². The lowest BCUT2D eigenvalue weighted by atomic mass is 10.0. The van der Waals surface area contributed by atoms with Gasteiger partial charge < -0.3 is 35.3 Å². The number of aliphatic carboxylic acids is 1. The third-order valence-corrected chi connectivity index (χ3v) is 8.19. The summed E-state index contributed by atoms with van der Waals surface area (Å²) in [6.45, 7) is 3.02. The van der Waals surface area contributed by atoms with E-state index in [1.165, 1.54) is 24.3 Å². The number of benzene rings is 2. The molecule has 47 heavy (non-hydrogen) atoms. The van der Waals surface area contributed by atoms with Gasteiger partial charge in [-0.05, 0) is 75.4 Å². The van der Waals surface area contributed by atoms with Crippen molar-refractivity contribution >= 4 is 46.1 Å². The van der Waals surface area contributed by atoms with E-state index in [9.17, 15) is 29.2 Å². The molecule has 2 aliphatic rings. The average Bonchev–Trinajstić information content (AvgIpc) is 3.70. The van der Waals surface area contributed by atoms with Gasteiger partial charge in [-0.2, -0.15) is 5.26 Å². The molecule has 0 saturated carbocycles. The van der Waals surface area contributed by atoms with Gasteiger partial charge in [-0.25, -0.2) is 0 Å². The van der Waals surface area contributed by atoms with E-state index in [4.69, 9.17) is 9.52 Å². The molecule has 2 aromatic carbocycles. The Kier molecular flexibility index (Phi) is 10.2. The average molecular weight is 641 g/mol. The number of furan rings is 1. The molecule has 2 fully saturated rings. The Morgan fingerprint density at radius 1 is 0.979 bits per heavy atom. The number of nitrogens with one attached hydrogen (secondary N) is 3. The van der Waals surface area contributed by atoms with Crippen LogP contribution in [0, 0.1) is 18.3 Å². The quantitative estimate of drug-likeness (QED) is 0.138. The molecule has 13 nitrogen and oxygen atoms in total. The Labute approximate surface area is 271 Å². The second-order valence-corrected chi connectivity index (χ2v) is 11.6. The molecule has 2 saturated heterocycles. The Morgan fingerprint density at radius 3 is 2.38 bits per heavy atom. The monoisotopic (exact) mass is 640 g/mol. The maximum atomic E-state index is 13.8. The number of ketones is 1. The summed E-state index contributed by atoms with van der Waals surface area (Å²) >= 11 is 0. The summed E-state index contributed by atoms with van der Waals surface area (Å²) in [5.74, 6) is -2.15. The fourth-order valence-electron chi connectivity index (χ4n) is 5.76. The van der Waals surface area contributed by atoms with Crippen molar-refractivity contribution in [1.82, 2.24) is 20.4 Å². The van der Waals surface area contributed by atoms with Crippen LogP contribution < -0.4 is 16.0 Å². The van der Waals surface area contributed by atoms with Crippen LogP contribution in [0.4, 0.5) is 5.69 Å². The lowest BCUT2D eigenvalue weighted by Gasteiger charge is -2.28. The van der Waals surface area contributed by atoms with Gasteiger partial charge in [-0.15, -0.1) is 0 Å². The van der Waals surface area contributed by atoms with Crippen LogP contribution in [0.2, 0.25) is 0 Å². The highest BCUT2D eigenvalue weighted by Gasteiger charge is 2.32. The first-order chi connectivity index (χ1) is 22.6. The molecule has 0 unspecified atom stereocenters. The number of hydrogen-bond donors (Lipinski definition) is 4. The zero-order valence-corrected chi connectivity index (χ0v) is 26.0. The van der Waals surface area contributed by atoms with Gasteiger partial charge in [0.15, 0.2) is 0 Å². The SMILES string of the molecule is Cc1cc2cc(N/C(N[C@H]3CCCCN(CC(=O)N4CCCC4)C3=O)=C(\C#N)C(=O)c3ccc(C(=O)NCC(=O)O)cc3)ccc2o1. The fraction of sp³-hybridized carbons (Fsp3) is 0.353. The predicted molar refractivity (Wildman–Crippen MR) is 171 cm³/mol. The summed E-state index contributed by atoms with van der Waals surface area (Å²) < 4.78 is 5.68. The number of carbonyl (C=O) groups excluding carboxylic acids is 4. The van der Waals surface area contributed by atoms with Gasteiger partial charge in [0, 0.05) is 41.8 Å². The molecule has 0 radical (unpaired) electrons. The molecule has 0 spiro atoms. The van der Waals surface area contributed by atoms with Crippen molar-refractivity contribution in [3.8, 4) is 6.07 Å². The first kappa shape index (κ1) is 32.7. The van der Waals surface area contributed by atoms with Crippen LogP contribution in [0.5, 0.6) is 0 Å². The van der Waals surface area contributed by atoms with Crippen molar-refractivity contribution in [3.05, 3.63) is 76.8 Å². The summed E-state index contributed by atoms with van der Waals surface area (Å²) in [7, 11) is 0. The third-order valence-electron chi connectivity index (χ3n) is 8.19. The number of carbonyl (C=O) groups is 5. The van der Waals surface area contributed by atoms with Crippen LogP contribution in [0.25, 0.3) is 11.0 Å². The first-order valence-corrected chi connectivity index (χ1v) is 15.5. The predicted octanol–water partition coefficient (Wildman–Crippen LogP) is 3.18. The Hall–Kier alpha value is -5.64. The van der Waals surface area contributed by atoms with Crippen molar-refractivity contribution < 1.29 is 33.5 Å². The molecule has 3 aromatic rings. The molecule has 13 heteroatoms. The van der Waals surface area contributed by atoms with E-state index in [1.807, 2.05) is 19.1 Å². The normalized spacial score (nSPS) is 17.0. The van der Waals surface area contributed by atoms with E-state index < -0.39 is 30.2 Å². The molecule has 5 rings (SSSR count). The second-order valence-electron chi connectivity index (χ2n) is 11.6. The molecule has 1 atom stereocenters. The van der Waals surface area contributed by atoms with Gasteiger partial charge in [-0.3, -0.25) is 24.0 Å². The lowest BCUT2D eigenvalue weighted by molar-refractivity contribution is -0.140. The number of allylic oxidation sites excluding steroid dienone is 1. The summed E-state index contributed by atoms with van der Waals surface area (Å²) in [5, 5.41) is 28.5. The number of amides is 3. The lowest BCUT2D eigenvalue weighted by Crippen LogP contribution is -2.49. The van der Waals surface area contributed by atoms with Gasteiger partial charge in [0.25, 0.3) is 5.91 Å². The number of hydrogen-bond acceptors (Lipinski definition) is 9. The van der Waals surface area contributed by atoms with Crippen molar-refractivity contribution in [1.29, 1.82) is 5.26 Å². The maximum Gasteiger partial charge on any atom is 0.322 e. The number of likely N-dealkylation sites (tertiary alicyclic amines) is 2. The summed E-state index contributed by atoms with van der Waals surface area (Å²) in [6, 6.07) is 13.8. The number of fused-ring (bicyclic) bond motifs is 1. The molecule has 1 aromatic heterocycles. The van der Waals surface area contributed by atoms with Crippen LogP contribution in [-0.4, -0.2) is 83.1 Å². The molecular weight excluding hydrogens is 604 g/mol. The highest BCUT2D eigenvalue weighted by Crippen LogP contribution is 2.25. The number of carboxylic acid groups (broad SMARTS) is 1. The number of aryl methyl sites for hydroxylation is 1. The number of anilines is 1. The topological polar surface area (TPSA) is 185 Å². The molecule has 0 aliphatic carbocycles. The smallest absolute Gasteiger partial charge is 0.322 e. The number of Topliss-reactive ketones (excluding diaryl/α,β-unsaturated/α-hetero) is 1. The Balaban J connectivity index is 1.44. The standard InChI is InChI=1S/C34H36N6O7/c1-21-16-24-17-25(11-12-28(24)47-21)37-32(26(18-35)31(44)22-7-9-23(10-8-22)33(45)36-19-30(42)43)38-27-6-2-3-15-40(34(27)46)20-29(41)39-13-4-5-14-39/h7-12,16-17,27,37-38H,2-6,13-15,19-20H2,1H3,(H,36,45)(H,42,43)/b32-26-/t27-/m0/s1. The highest BCUT2D eigenvalue weighted by atomic mass is 16.4. The number of nitrogens with zero attached hydrogens (tertiary/aromatic N) is 3. The fourth-order valence-corrected chi connectivity index (χ4v) is 5.76. The van der Waals surface area contributed by atoms with Gasteiger partial charge in [-0.1, -0.05) is 12.1 Å². The minimum Gasteiger partial charge on any atom is -0.480 e. The van der Waals surface area contributed by atoms with Crippen molar-refractivity contribution in [2.24, 2.45) is 0 Å². The van der Waals surface area contributed by atoms with Crippen molar-refractivity contribution in [2.75, 3.05) is 38.0 Å². The van der Waals surface area contributed by atoms with Crippen LogP contribution >= 0.6 is 0 Å². The van der Waals surface area contributed by atoms with Crippen LogP contribution in [0.15, 0.2) is 64.3 Å². The molecule has 244 valence electrons. The summed E-state index contributed by atoms with van der Waals surface area (Å²) in [5.41, 5.74) is 1.14. The van der Waals surface area contributed by atoms with Crippen LogP contribution in [-0.2, 0) is 14.4 Å². The molecule has 0 bridgehead atoms. The summed E-state index contributed by atoms with van der Waals surface area (Å²) in [6.07, 6.45) is 3.70. The van der Waals surface area contributed by atoms with Crippen LogP contribution in [0.1, 0.15) is 58.6 Å². The molecule has 4 N–H and O–H groups in total. The number of rotatable bonds is 11. The zero-order chi connectivity index (χ0) is 33.5. The zero-order valence-electron chi connectivity index (χ0n) is 26.0. The number of nitriles is 1. The third kappa shape index (κ3) is 7.96. The molecule has 2 aliphatic heterocycles. The van der Waals surface area contributed by atoms with Gasteiger partial charge in [0.2, 0.25) is 17.6 Å². The highest BCUT2D eigenvalue weighted by molar-refractivity contribution is 6.12. The van der Waals surface area contributed by atoms with Gasteiger partial charge in [0.05, 0.1) is 6.54 Å². The Bertz CT molecular complexity index is 1770. The van der Waals surface area contributed by atoms with Crippen LogP contribution in [0.3, 0.4) is 0 Å². The van der Waals surface area contributed by atoms with E-state index in [0.29, 0.717) is 55.9 Å². The summed E-state index contributed by atoms with van der Waals surface area (Å²) in [4.78, 5) is 66.9. The largest absolute Gasteiger partial charge is 0.480 e. The van der Waals surface area contributed by atoms with Crippen molar-refractivity contribution in [2.45, 2.75) is 45.1 Å².